The molecule has 6 nitrogen and oxygen atoms in total. The summed E-state index contributed by atoms with van der Waals surface area (Å²) in [5.41, 5.74) is 7.03. The fourth-order valence-electron chi connectivity index (χ4n) is 2.61. The number of hydrogen-bond donors (Lipinski definition) is 1. The molecule has 1 aromatic heterocycles. The molecular formula is C17H17ClN4O2. The third kappa shape index (κ3) is 3.33. The van der Waals surface area contributed by atoms with E-state index in [9.17, 15) is 9.59 Å². The molecule has 3 rings (SSSR count). The van der Waals surface area contributed by atoms with Gasteiger partial charge in [-0.1, -0.05) is 17.7 Å². The number of nitrogens with two attached hydrogens (primary N) is 1. The maximum atomic E-state index is 12.5. The standard InChI is InChI=1S/C17H17ClN4O2/c18-13-11-12(4-5-14(13)19)16(23)21-7-9-22(10-8-21)17(24)15-3-1-2-6-20-15/h1-6,11H,7-10,19H2. The van der Waals surface area contributed by atoms with Crippen LogP contribution in [0.2, 0.25) is 5.02 Å². The predicted octanol–water partition coefficient (Wildman–Crippen LogP) is 1.92. The van der Waals surface area contributed by atoms with E-state index >= 15 is 0 Å². The van der Waals surface area contributed by atoms with Crippen LogP contribution in [0.5, 0.6) is 0 Å². The topological polar surface area (TPSA) is 79.5 Å². The van der Waals surface area contributed by atoms with Crippen molar-refractivity contribution in [2.45, 2.75) is 0 Å². The van der Waals surface area contributed by atoms with Crippen LogP contribution in [0, 0.1) is 0 Å². The van der Waals surface area contributed by atoms with Crippen LogP contribution in [0.1, 0.15) is 20.8 Å². The third-order valence-corrected chi connectivity index (χ3v) is 4.31. The van der Waals surface area contributed by atoms with Crippen LogP contribution in [-0.4, -0.2) is 52.8 Å². The molecule has 7 heteroatoms. The summed E-state index contributed by atoms with van der Waals surface area (Å²) in [5, 5.41) is 0.366. The van der Waals surface area contributed by atoms with Crippen molar-refractivity contribution >= 4 is 29.1 Å². The van der Waals surface area contributed by atoms with E-state index < -0.39 is 0 Å². The number of aromatic nitrogens is 1. The van der Waals surface area contributed by atoms with Crippen molar-refractivity contribution in [2.75, 3.05) is 31.9 Å². The number of benzene rings is 1. The highest BCUT2D eigenvalue weighted by molar-refractivity contribution is 6.33. The first-order chi connectivity index (χ1) is 11.6. The fourth-order valence-corrected chi connectivity index (χ4v) is 2.79. The Labute approximate surface area is 144 Å². The lowest BCUT2D eigenvalue weighted by Gasteiger charge is -2.34. The number of nitrogens with zero attached hydrogens (tertiary/aromatic N) is 3. The molecule has 1 aliphatic heterocycles. The van der Waals surface area contributed by atoms with Crippen LogP contribution in [0.25, 0.3) is 0 Å². The number of anilines is 1. The van der Waals surface area contributed by atoms with Crippen LogP contribution in [0.3, 0.4) is 0 Å². The number of rotatable bonds is 2. The lowest BCUT2D eigenvalue weighted by atomic mass is 10.1. The Balaban J connectivity index is 1.63. The quantitative estimate of drug-likeness (QED) is 0.844. The van der Waals surface area contributed by atoms with E-state index in [0.717, 1.165) is 0 Å². The van der Waals surface area contributed by atoms with Gasteiger partial charge in [-0.3, -0.25) is 14.6 Å². The zero-order chi connectivity index (χ0) is 17.1. The summed E-state index contributed by atoms with van der Waals surface area (Å²) >= 11 is 5.97. The van der Waals surface area contributed by atoms with Crippen molar-refractivity contribution in [1.82, 2.24) is 14.8 Å². The van der Waals surface area contributed by atoms with Gasteiger partial charge in [0, 0.05) is 37.9 Å². The van der Waals surface area contributed by atoms with Crippen molar-refractivity contribution in [3.05, 3.63) is 58.9 Å². The Morgan fingerprint density at radius 2 is 1.67 bits per heavy atom. The number of nitrogen functional groups attached to an aromatic ring is 1. The minimum Gasteiger partial charge on any atom is -0.398 e. The van der Waals surface area contributed by atoms with Gasteiger partial charge in [-0.2, -0.15) is 0 Å². The van der Waals surface area contributed by atoms with E-state index in [1.54, 1.807) is 52.4 Å². The second kappa shape index (κ2) is 6.88. The Kier molecular flexibility index (Phi) is 4.66. The average molecular weight is 345 g/mol. The Hall–Kier alpha value is -2.60. The normalized spacial score (nSPS) is 14.5. The zero-order valence-corrected chi connectivity index (χ0v) is 13.7. The first kappa shape index (κ1) is 16.3. The first-order valence-electron chi connectivity index (χ1n) is 7.61. The largest absolute Gasteiger partial charge is 0.398 e. The number of halogens is 1. The molecule has 2 amide bonds. The second-order valence-corrected chi connectivity index (χ2v) is 5.94. The highest BCUT2D eigenvalue weighted by atomic mass is 35.5. The fraction of sp³-hybridized carbons (Fsp3) is 0.235. The first-order valence-corrected chi connectivity index (χ1v) is 7.98. The van der Waals surface area contributed by atoms with Crippen molar-refractivity contribution in [2.24, 2.45) is 0 Å². The summed E-state index contributed by atoms with van der Waals surface area (Å²) in [7, 11) is 0. The molecule has 0 spiro atoms. The van der Waals surface area contributed by atoms with Gasteiger partial charge in [0.2, 0.25) is 0 Å². The molecule has 2 aromatic rings. The Morgan fingerprint density at radius 3 is 2.25 bits per heavy atom. The average Bonchev–Trinajstić information content (AvgIpc) is 2.63. The summed E-state index contributed by atoms with van der Waals surface area (Å²) in [6.45, 7) is 1.90. The van der Waals surface area contributed by atoms with Crippen LogP contribution in [0.15, 0.2) is 42.6 Å². The van der Waals surface area contributed by atoms with Crippen molar-refractivity contribution in [1.29, 1.82) is 0 Å². The van der Waals surface area contributed by atoms with Gasteiger partial charge in [-0.25, -0.2) is 0 Å². The SMILES string of the molecule is Nc1ccc(C(=O)N2CCN(C(=O)c3ccccn3)CC2)cc1Cl. The van der Waals surface area contributed by atoms with E-state index in [1.807, 2.05) is 0 Å². The van der Waals surface area contributed by atoms with Crippen LogP contribution >= 0.6 is 11.6 Å². The van der Waals surface area contributed by atoms with Gasteiger partial charge in [-0.05, 0) is 30.3 Å². The number of carbonyl (C=O) groups excluding carboxylic acids is 2. The monoisotopic (exact) mass is 344 g/mol. The van der Waals surface area contributed by atoms with E-state index in [0.29, 0.717) is 48.1 Å². The van der Waals surface area contributed by atoms with Crippen molar-refractivity contribution in [3.63, 3.8) is 0 Å². The van der Waals surface area contributed by atoms with Crippen LogP contribution in [0.4, 0.5) is 5.69 Å². The van der Waals surface area contributed by atoms with E-state index in [1.165, 1.54) is 0 Å². The molecule has 0 radical (unpaired) electrons. The highest BCUT2D eigenvalue weighted by Gasteiger charge is 2.26. The highest BCUT2D eigenvalue weighted by Crippen LogP contribution is 2.21. The molecule has 0 saturated carbocycles. The molecule has 1 fully saturated rings. The minimum atomic E-state index is -0.113. The summed E-state index contributed by atoms with van der Waals surface area (Å²) in [5.74, 6) is -0.222. The van der Waals surface area contributed by atoms with Gasteiger partial charge in [0.15, 0.2) is 0 Å². The molecular weight excluding hydrogens is 328 g/mol. The van der Waals surface area contributed by atoms with Gasteiger partial charge < -0.3 is 15.5 Å². The van der Waals surface area contributed by atoms with E-state index in [-0.39, 0.29) is 11.8 Å². The maximum absolute atomic E-state index is 12.5. The number of piperazine rings is 1. The minimum absolute atomic E-state index is 0.109. The van der Waals surface area contributed by atoms with E-state index in [4.69, 9.17) is 17.3 Å². The van der Waals surface area contributed by atoms with Gasteiger partial charge in [0.1, 0.15) is 5.69 Å². The summed E-state index contributed by atoms with van der Waals surface area (Å²) in [6.07, 6.45) is 1.60. The number of carbonyl (C=O) groups is 2. The zero-order valence-electron chi connectivity index (χ0n) is 13.0. The van der Waals surface area contributed by atoms with Crippen molar-refractivity contribution in [3.8, 4) is 0 Å². The molecule has 2 heterocycles. The number of hydrogen-bond acceptors (Lipinski definition) is 4. The van der Waals surface area contributed by atoms with Crippen molar-refractivity contribution < 1.29 is 9.59 Å². The van der Waals surface area contributed by atoms with Gasteiger partial charge >= 0.3 is 0 Å². The lowest BCUT2D eigenvalue weighted by Crippen LogP contribution is -2.50. The lowest BCUT2D eigenvalue weighted by molar-refractivity contribution is 0.0532. The molecule has 1 aromatic carbocycles. The van der Waals surface area contributed by atoms with Gasteiger partial charge in [-0.15, -0.1) is 0 Å². The number of pyridine rings is 1. The second-order valence-electron chi connectivity index (χ2n) is 5.54. The third-order valence-electron chi connectivity index (χ3n) is 3.99. The Morgan fingerprint density at radius 1 is 1.00 bits per heavy atom. The molecule has 1 aliphatic rings. The predicted molar refractivity (Wildman–Crippen MR) is 91.9 cm³/mol. The van der Waals surface area contributed by atoms with Gasteiger partial charge in [0.05, 0.1) is 10.7 Å². The summed E-state index contributed by atoms with van der Waals surface area (Å²) in [4.78, 5) is 32.4. The molecule has 0 aliphatic carbocycles. The van der Waals surface area contributed by atoms with Gasteiger partial charge in [0.25, 0.3) is 11.8 Å². The van der Waals surface area contributed by atoms with Crippen LogP contribution < -0.4 is 5.73 Å². The molecule has 0 bridgehead atoms. The summed E-state index contributed by atoms with van der Waals surface area (Å²) in [6, 6.07) is 10.1. The molecule has 1 saturated heterocycles. The smallest absolute Gasteiger partial charge is 0.272 e. The molecule has 0 atom stereocenters. The molecule has 2 N–H and O–H groups in total. The Bertz CT molecular complexity index is 758. The number of amides is 2. The summed E-state index contributed by atoms with van der Waals surface area (Å²) < 4.78 is 0. The molecule has 0 unspecified atom stereocenters. The maximum Gasteiger partial charge on any atom is 0.272 e. The van der Waals surface area contributed by atoms with Crippen LogP contribution in [-0.2, 0) is 0 Å². The molecule has 124 valence electrons. The van der Waals surface area contributed by atoms with E-state index in [2.05, 4.69) is 4.98 Å². The molecule has 24 heavy (non-hydrogen) atoms.